The van der Waals surface area contributed by atoms with Crippen LogP contribution in [0.3, 0.4) is 0 Å². The van der Waals surface area contributed by atoms with Crippen LogP contribution in [0.1, 0.15) is 5.56 Å². The Balaban J connectivity index is 2.48. The lowest BCUT2D eigenvalue weighted by Gasteiger charge is -2.11. The maximum Gasteiger partial charge on any atom is 0.129 e. The molecule has 0 radical (unpaired) electrons. The van der Waals surface area contributed by atoms with Crippen LogP contribution in [0, 0.1) is 11.5 Å². The molecule has 0 aromatic heterocycles. The lowest BCUT2D eigenvalue weighted by Crippen LogP contribution is -2.16. The average Bonchev–Trinajstić information content (AvgIpc) is 2.46. The first-order valence-corrected chi connectivity index (χ1v) is 11.4. The zero-order valence-electron chi connectivity index (χ0n) is 12.5. The molecule has 0 fully saturated rings. The molecule has 2 heteroatoms. The van der Waals surface area contributed by atoms with Crippen LogP contribution in [0.2, 0.25) is 19.6 Å². The van der Waals surface area contributed by atoms with E-state index >= 15 is 0 Å². The summed E-state index contributed by atoms with van der Waals surface area (Å²) in [5.74, 6) is 3.49. The summed E-state index contributed by atoms with van der Waals surface area (Å²) in [5, 5.41) is 4.93. The van der Waals surface area contributed by atoms with Crippen LogP contribution >= 0.6 is 15.9 Å². The van der Waals surface area contributed by atoms with Gasteiger partial charge in [-0.1, -0.05) is 74.1 Å². The molecule has 0 nitrogen and oxygen atoms in total. The highest BCUT2D eigenvalue weighted by atomic mass is 79.9. The van der Waals surface area contributed by atoms with Crippen molar-refractivity contribution >= 4 is 45.5 Å². The molecule has 0 aliphatic heterocycles. The summed E-state index contributed by atoms with van der Waals surface area (Å²) in [7, 11) is -1.40. The molecule has 3 rings (SSSR count). The minimum absolute atomic E-state index is 1.16. The standard InChI is InChI=1S/C19H17BrSi/c1-21(2,3)13-12-16-14-8-4-6-10-17(14)19(20)18-11-7-5-9-15(16)18/h4-11H,1-3H3. The van der Waals surface area contributed by atoms with Gasteiger partial charge in [0.15, 0.2) is 0 Å². The van der Waals surface area contributed by atoms with Gasteiger partial charge in [0, 0.05) is 10.0 Å². The zero-order chi connectivity index (χ0) is 15.0. The summed E-state index contributed by atoms with van der Waals surface area (Å²) >= 11 is 3.77. The van der Waals surface area contributed by atoms with E-state index in [4.69, 9.17) is 0 Å². The molecule has 3 aromatic rings. The van der Waals surface area contributed by atoms with Crippen molar-refractivity contribution in [2.45, 2.75) is 19.6 Å². The lowest BCUT2D eigenvalue weighted by molar-refractivity contribution is 1.71. The summed E-state index contributed by atoms with van der Waals surface area (Å²) in [6.07, 6.45) is 0. The molecule has 0 saturated carbocycles. The molecule has 0 aliphatic carbocycles. The molecule has 0 spiro atoms. The van der Waals surface area contributed by atoms with E-state index in [2.05, 4.69) is 95.6 Å². The molecule has 0 amide bonds. The highest BCUT2D eigenvalue weighted by molar-refractivity contribution is 9.10. The zero-order valence-corrected chi connectivity index (χ0v) is 15.1. The van der Waals surface area contributed by atoms with Crippen molar-refractivity contribution in [3.05, 3.63) is 58.6 Å². The van der Waals surface area contributed by atoms with E-state index in [1.54, 1.807) is 0 Å². The van der Waals surface area contributed by atoms with Gasteiger partial charge in [0.2, 0.25) is 0 Å². The second kappa shape index (κ2) is 5.33. The normalized spacial score (nSPS) is 11.4. The van der Waals surface area contributed by atoms with Crippen LogP contribution in [-0.4, -0.2) is 8.07 Å². The second-order valence-electron chi connectivity index (χ2n) is 6.28. The molecule has 0 saturated heterocycles. The molecule has 0 atom stereocenters. The number of hydrogen-bond acceptors (Lipinski definition) is 0. The topological polar surface area (TPSA) is 0 Å². The minimum Gasteiger partial charge on any atom is -0.127 e. The Morgan fingerprint density at radius 3 is 1.62 bits per heavy atom. The first-order valence-electron chi connectivity index (χ1n) is 7.09. The van der Waals surface area contributed by atoms with Crippen molar-refractivity contribution in [1.82, 2.24) is 0 Å². The first-order chi connectivity index (χ1) is 9.97. The van der Waals surface area contributed by atoms with Gasteiger partial charge in [-0.3, -0.25) is 0 Å². The fourth-order valence-electron chi connectivity index (χ4n) is 2.46. The lowest BCUT2D eigenvalue weighted by atomic mass is 9.97. The van der Waals surface area contributed by atoms with Crippen molar-refractivity contribution < 1.29 is 0 Å². The van der Waals surface area contributed by atoms with E-state index in [-0.39, 0.29) is 0 Å². The maximum absolute atomic E-state index is 3.77. The van der Waals surface area contributed by atoms with E-state index in [9.17, 15) is 0 Å². The predicted molar refractivity (Wildman–Crippen MR) is 99.4 cm³/mol. The summed E-state index contributed by atoms with van der Waals surface area (Å²) in [5.41, 5.74) is 4.67. The van der Waals surface area contributed by atoms with E-state index in [0.717, 1.165) is 10.0 Å². The summed E-state index contributed by atoms with van der Waals surface area (Å²) < 4.78 is 1.16. The Morgan fingerprint density at radius 1 is 0.762 bits per heavy atom. The number of halogens is 1. The first kappa shape index (κ1) is 14.4. The Hall–Kier alpha value is -1.56. The molecule has 104 valence electrons. The van der Waals surface area contributed by atoms with Gasteiger partial charge in [-0.2, -0.15) is 0 Å². The fraction of sp³-hybridized carbons (Fsp3) is 0.158. The van der Waals surface area contributed by atoms with Crippen molar-refractivity contribution in [3.63, 3.8) is 0 Å². The Kier molecular flexibility index (Phi) is 3.65. The van der Waals surface area contributed by atoms with Gasteiger partial charge in [0.05, 0.1) is 0 Å². The number of hydrogen-bond donors (Lipinski definition) is 0. The third kappa shape index (κ3) is 2.77. The SMILES string of the molecule is C[Si](C)(C)C#Cc1c2ccccc2c(Br)c2ccccc12. The highest BCUT2D eigenvalue weighted by Gasteiger charge is 2.12. The number of rotatable bonds is 0. The molecular formula is C19H17BrSi. The third-order valence-corrected chi connectivity index (χ3v) is 5.16. The molecule has 0 N–H and O–H groups in total. The van der Waals surface area contributed by atoms with Gasteiger partial charge in [0.1, 0.15) is 8.07 Å². The molecule has 21 heavy (non-hydrogen) atoms. The predicted octanol–water partition coefficient (Wildman–Crippen LogP) is 5.98. The van der Waals surface area contributed by atoms with Crippen LogP contribution in [0.5, 0.6) is 0 Å². The van der Waals surface area contributed by atoms with Gasteiger partial charge in [-0.05, 0) is 37.5 Å². The van der Waals surface area contributed by atoms with Gasteiger partial charge >= 0.3 is 0 Å². The van der Waals surface area contributed by atoms with E-state index < -0.39 is 8.07 Å². The third-order valence-electron chi connectivity index (χ3n) is 3.43. The summed E-state index contributed by atoms with van der Waals surface area (Å²) in [6, 6.07) is 17.0. The van der Waals surface area contributed by atoms with Crippen molar-refractivity contribution in [2.75, 3.05) is 0 Å². The molecule has 0 aliphatic rings. The van der Waals surface area contributed by atoms with Crippen LogP contribution in [-0.2, 0) is 0 Å². The van der Waals surface area contributed by atoms with Crippen LogP contribution in [0.25, 0.3) is 21.5 Å². The van der Waals surface area contributed by atoms with E-state index in [0.29, 0.717) is 0 Å². The molecule has 0 heterocycles. The Morgan fingerprint density at radius 2 is 1.19 bits per heavy atom. The molecular weight excluding hydrogens is 336 g/mol. The number of benzene rings is 3. The van der Waals surface area contributed by atoms with Crippen molar-refractivity contribution in [3.8, 4) is 11.5 Å². The Bertz CT molecular complexity index is 835. The van der Waals surface area contributed by atoms with Gasteiger partial charge in [-0.25, -0.2) is 0 Å². The Labute approximate surface area is 135 Å². The fourth-order valence-corrected chi connectivity index (χ4v) is 3.65. The second-order valence-corrected chi connectivity index (χ2v) is 11.8. The quantitative estimate of drug-likeness (QED) is 0.265. The molecule has 3 aromatic carbocycles. The van der Waals surface area contributed by atoms with E-state index in [1.165, 1.54) is 21.5 Å². The monoisotopic (exact) mass is 352 g/mol. The highest BCUT2D eigenvalue weighted by Crippen LogP contribution is 2.35. The summed E-state index contributed by atoms with van der Waals surface area (Å²) in [4.78, 5) is 0. The van der Waals surface area contributed by atoms with E-state index in [1.807, 2.05) is 0 Å². The minimum atomic E-state index is -1.40. The smallest absolute Gasteiger partial charge is 0.127 e. The molecule has 0 unspecified atom stereocenters. The van der Waals surface area contributed by atoms with Crippen LogP contribution in [0.4, 0.5) is 0 Å². The van der Waals surface area contributed by atoms with Crippen LogP contribution in [0.15, 0.2) is 53.0 Å². The largest absolute Gasteiger partial charge is 0.129 e. The molecule has 0 bridgehead atoms. The number of fused-ring (bicyclic) bond motifs is 2. The van der Waals surface area contributed by atoms with Gasteiger partial charge in [0.25, 0.3) is 0 Å². The average molecular weight is 353 g/mol. The maximum atomic E-state index is 3.77. The van der Waals surface area contributed by atoms with Crippen LogP contribution < -0.4 is 0 Å². The summed E-state index contributed by atoms with van der Waals surface area (Å²) in [6.45, 7) is 6.84. The van der Waals surface area contributed by atoms with Crippen molar-refractivity contribution in [1.29, 1.82) is 0 Å². The van der Waals surface area contributed by atoms with Gasteiger partial charge < -0.3 is 0 Å². The van der Waals surface area contributed by atoms with Crippen molar-refractivity contribution in [2.24, 2.45) is 0 Å². The van der Waals surface area contributed by atoms with Gasteiger partial charge in [-0.15, -0.1) is 5.54 Å².